The number of ether oxygens (including phenoxy) is 1. The summed E-state index contributed by atoms with van der Waals surface area (Å²) >= 11 is 0. The van der Waals surface area contributed by atoms with Gasteiger partial charge in [0.25, 0.3) is 5.91 Å². The summed E-state index contributed by atoms with van der Waals surface area (Å²) in [5.74, 6) is -0.0864. The van der Waals surface area contributed by atoms with Crippen molar-refractivity contribution in [3.05, 3.63) is 48.3 Å². The zero-order valence-electron chi connectivity index (χ0n) is 15.6. The van der Waals surface area contributed by atoms with Crippen molar-refractivity contribution in [3.63, 3.8) is 0 Å². The molecule has 2 aromatic rings. The van der Waals surface area contributed by atoms with Crippen LogP contribution < -0.4 is 10.1 Å². The van der Waals surface area contributed by atoms with Crippen LogP contribution >= 0.6 is 0 Å². The zero-order chi connectivity index (χ0) is 19.5. The van der Waals surface area contributed by atoms with Crippen molar-refractivity contribution < 1.29 is 19.0 Å². The van der Waals surface area contributed by atoms with Crippen molar-refractivity contribution in [3.8, 4) is 5.75 Å². The first-order valence-electron chi connectivity index (χ1n) is 9.76. The van der Waals surface area contributed by atoms with Crippen LogP contribution in [0.1, 0.15) is 36.3 Å². The Labute approximate surface area is 162 Å². The summed E-state index contributed by atoms with van der Waals surface area (Å²) in [6.45, 7) is 1.75. The molecular weight excluding hydrogens is 363 g/mol. The summed E-state index contributed by atoms with van der Waals surface area (Å²) in [5, 5.41) is 14.0. The third-order valence-electron chi connectivity index (χ3n) is 5.55. The van der Waals surface area contributed by atoms with Crippen LogP contribution in [-0.4, -0.2) is 63.3 Å². The smallest absolute Gasteiger partial charge is 0.287 e. The highest BCUT2D eigenvalue weighted by Gasteiger charge is 2.47. The van der Waals surface area contributed by atoms with Crippen LogP contribution in [0.5, 0.6) is 5.75 Å². The van der Waals surface area contributed by atoms with Gasteiger partial charge in [-0.25, -0.2) is 9.37 Å². The first kappa shape index (κ1) is 18.9. The summed E-state index contributed by atoms with van der Waals surface area (Å²) in [4.78, 5) is 21.5. The number of piperidine rings is 1. The van der Waals surface area contributed by atoms with E-state index in [1.165, 1.54) is 24.8 Å². The second-order valence-corrected chi connectivity index (χ2v) is 7.44. The number of halogens is 1. The molecule has 0 bridgehead atoms. The number of H-pyrrole nitrogens is 1. The van der Waals surface area contributed by atoms with Gasteiger partial charge in [0.05, 0.1) is 12.1 Å². The van der Waals surface area contributed by atoms with Crippen LogP contribution in [0.25, 0.3) is 0 Å². The van der Waals surface area contributed by atoms with E-state index in [1.807, 2.05) is 0 Å². The summed E-state index contributed by atoms with van der Waals surface area (Å²) < 4.78 is 19.4. The van der Waals surface area contributed by atoms with Crippen LogP contribution in [-0.2, 0) is 0 Å². The molecule has 1 saturated carbocycles. The molecule has 0 radical (unpaired) electrons. The molecule has 1 aromatic heterocycles. The lowest BCUT2D eigenvalue weighted by atomic mass is 10.0. The van der Waals surface area contributed by atoms with E-state index >= 15 is 0 Å². The standard InChI is InChI=1S/C20H25FN4O3/c21-13-5-4-6-14(11-13)28-16-12-15(24-20(27)19-22-7-8-23-19)17(18(16)26)25-9-2-1-3-10-25/h4-8,11,15-18,26H,1-3,9-10,12H2,(H,22,23)(H,24,27)/t15-,16-,17+,18+/m1/s1. The number of nitrogens with one attached hydrogen (secondary N) is 2. The summed E-state index contributed by atoms with van der Waals surface area (Å²) in [7, 11) is 0. The summed E-state index contributed by atoms with van der Waals surface area (Å²) in [6, 6.07) is 5.35. The van der Waals surface area contributed by atoms with E-state index < -0.39 is 12.2 Å². The number of hydrogen-bond donors (Lipinski definition) is 3. The Bertz CT molecular complexity index is 795. The Morgan fingerprint density at radius 2 is 2.14 bits per heavy atom. The van der Waals surface area contributed by atoms with E-state index in [0.29, 0.717) is 12.2 Å². The number of aliphatic hydroxyl groups is 1. The predicted molar refractivity (Wildman–Crippen MR) is 100 cm³/mol. The second kappa shape index (κ2) is 8.28. The highest BCUT2D eigenvalue weighted by atomic mass is 19.1. The quantitative estimate of drug-likeness (QED) is 0.726. The second-order valence-electron chi connectivity index (χ2n) is 7.44. The number of likely N-dealkylation sites (tertiary alicyclic amines) is 1. The van der Waals surface area contributed by atoms with Gasteiger partial charge in [0.2, 0.25) is 0 Å². The molecule has 4 atom stereocenters. The molecule has 0 spiro atoms. The molecule has 150 valence electrons. The van der Waals surface area contributed by atoms with Gasteiger partial charge in [-0.05, 0) is 38.1 Å². The molecule has 0 unspecified atom stereocenters. The van der Waals surface area contributed by atoms with Crippen molar-refractivity contribution in [2.24, 2.45) is 0 Å². The van der Waals surface area contributed by atoms with E-state index in [0.717, 1.165) is 25.9 Å². The molecule has 2 aliphatic rings. The number of amides is 1. The Morgan fingerprint density at radius 1 is 1.32 bits per heavy atom. The Morgan fingerprint density at radius 3 is 2.86 bits per heavy atom. The van der Waals surface area contributed by atoms with Gasteiger partial charge < -0.3 is 20.1 Å². The van der Waals surface area contributed by atoms with Gasteiger partial charge in [-0.15, -0.1) is 0 Å². The Balaban J connectivity index is 1.52. The molecule has 1 aliphatic carbocycles. The number of carbonyl (C=O) groups excluding carboxylic acids is 1. The minimum absolute atomic E-state index is 0.237. The molecule has 3 N–H and O–H groups in total. The molecular formula is C20H25FN4O3. The molecule has 1 saturated heterocycles. The SMILES string of the molecule is O=C(N[C@@H]1C[C@@H](Oc2cccc(F)c2)[C@H](O)[C@H]1N1CCCCC1)c1ncc[nH]1. The molecule has 8 heteroatoms. The zero-order valence-corrected chi connectivity index (χ0v) is 15.6. The fraction of sp³-hybridized carbons (Fsp3) is 0.500. The summed E-state index contributed by atoms with van der Waals surface area (Å²) in [6.07, 6.45) is 5.54. The minimum atomic E-state index is -0.789. The lowest BCUT2D eigenvalue weighted by molar-refractivity contribution is 0.00136. The Kier molecular flexibility index (Phi) is 5.59. The first-order valence-corrected chi connectivity index (χ1v) is 9.76. The number of hydrogen-bond acceptors (Lipinski definition) is 5. The van der Waals surface area contributed by atoms with Crippen molar-refractivity contribution in [2.75, 3.05) is 13.1 Å². The van der Waals surface area contributed by atoms with Crippen LogP contribution in [0.3, 0.4) is 0 Å². The van der Waals surface area contributed by atoms with Gasteiger partial charge in [-0.3, -0.25) is 9.69 Å². The number of nitrogens with zero attached hydrogens (tertiary/aromatic N) is 2. The number of aromatic amines is 1. The molecule has 1 aliphatic heterocycles. The van der Waals surface area contributed by atoms with Crippen molar-refractivity contribution in [1.29, 1.82) is 0 Å². The first-order chi connectivity index (χ1) is 13.6. The number of imidazole rings is 1. The third-order valence-corrected chi connectivity index (χ3v) is 5.55. The molecule has 7 nitrogen and oxygen atoms in total. The highest BCUT2D eigenvalue weighted by molar-refractivity contribution is 5.90. The van der Waals surface area contributed by atoms with Gasteiger partial charge in [0.15, 0.2) is 5.82 Å². The predicted octanol–water partition coefficient (Wildman–Crippen LogP) is 1.71. The van der Waals surface area contributed by atoms with Gasteiger partial charge in [-0.2, -0.15) is 0 Å². The molecule has 1 amide bonds. The van der Waals surface area contributed by atoms with Crippen LogP contribution in [0.2, 0.25) is 0 Å². The monoisotopic (exact) mass is 388 g/mol. The number of aliphatic hydroxyl groups excluding tert-OH is 1. The largest absolute Gasteiger partial charge is 0.487 e. The lowest BCUT2D eigenvalue weighted by Crippen LogP contribution is -2.54. The lowest BCUT2D eigenvalue weighted by Gasteiger charge is -2.37. The normalized spacial score (nSPS) is 28.2. The van der Waals surface area contributed by atoms with Gasteiger partial charge in [0, 0.05) is 24.9 Å². The average molecular weight is 388 g/mol. The van der Waals surface area contributed by atoms with E-state index in [9.17, 15) is 14.3 Å². The Hall–Kier alpha value is -2.45. The fourth-order valence-corrected chi connectivity index (χ4v) is 4.28. The maximum atomic E-state index is 13.5. The third kappa shape index (κ3) is 4.02. The topological polar surface area (TPSA) is 90.5 Å². The van der Waals surface area contributed by atoms with Gasteiger partial charge in [0.1, 0.15) is 23.8 Å². The number of rotatable bonds is 5. The van der Waals surface area contributed by atoms with Crippen LogP contribution in [0, 0.1) is 5.82 Å². The van der Waals surface area contributed by atoms with Crippen molar-refractivity contribution in [2.45, 2.75) is 50.0 Å². The van der Waals surface area contributed by atoms with Gasteiger partial charge in [-0.1, -0.05) is 12.5 Å². The fourth-order valence-electron chi connectivity index (χ4n) is 4.28. The molecule has 28 heavy (non-hydrogen) atoms. The number of carbonyl (C=O) groups is 1. The van der Waals surface area contributed by atoms with Crippen LogP contribution in [0.4, 0.5) is 4.39 Å². The number of aromatic nitrogens is 2. The molecule has 2 fully saturated rings. The molecule has 2 heterocycles. The van der Waals surface area contributed by atoms with Gasteiger partial charge >= 0.3 is 0 Å². The minimum Gasteiger partial charge on any atom is -0.487 e. The van der Waals surface area contributed by atoms with E-state index in [1.54, 1.807) is 18.3 Å². The van der Waals surface area contributed by atoms with Crippen molar-refractivity contribution in [1.82, 2.24) is 20.2 Å². The highest BCUT2D eigenvalue weighted by Crippen LogP contribution is 2.31. The van der Waals surface area contributed by atoms with E-state index in [2.05, 4.69) is 20.2 Å². The van der Waals surface area contributed by atoms with E-state index in [-0.39, 0.29) is 29.6 Å². The molecule has 1 aromatic carbocycles. The average Bonchev–Trinajstić information content (AvgIpc) is 3.32. The maximum absolute atomic E-state index is 13.5. The summed E-state index contributed by atoms with van der Waals surface area (Å²) in [5.41, 5.74) is 0. The number of benzene rings is 1. The van der Waals surface area contributed by atoms with Crippen molar-refractivity contribution >= 4 is 5.91 Å². The van der Waals surface area contributed by atoms with Crippen LogP contribution in [0.15, 0.2) is 36.7 Å². The maximum Gasteiger partial charge on any atom is 0.287 e. The van der Waals surface area contributed by atoms with E-state index in [4.69, 9.17) is 4.74 Å². The molecule has 4 rings (SSSR count).